The minimum atomic E-state index is -2.32. The van der Waals surface area contributed by atoms with Gasteiger partial charge in [-0.1, -0.05) is 0 Å². The molecule has 1 aliphatic carbocycles. The zero-order chi connectivity index (χ0) is 11.2. The van der Waals surface area contributed by atoms with E-state index >= 15 is 0 Å². The van der Waals surface area contributed by atoms with Gasteiger partial charge in [-0.05, 0) is 13.8 Å². The molecule has 82 valence electrons. The van der Waals surface area contributed by atoms with Crippen LogP contribution in [0, 0.1) is 5.41 Å². The van der Waals surface area contributed by atoms with E-state index in [4.69, 9.17) is 0 Å². The van der Waals surface area contributed by atoms with Crippen molar-refractivity contribution in [1.82, 2.24) is 0 Å². The molecule has 0 amide bonds. The standard InChI is InChI=1S/C8H14O6/c1-6(10,11)8(7(2,12)13)3-5(8)14-4-9/h4-5,10-13H,3H2,1-2H3. The summed E-state index contributed by atoms with van der Waals surface area (Å²) in [6, 6.07) is 0. The Labute approximate surface area is 80.7 Å². The van der Waals surface area contributed by atoms with Crippen molar-refractivity contribution in [3.8, 4) is 0 Å². The van der Waals surface area contributed by atoms with Crippen LogP contribution in [-0.2, 0) is 9.53 Å². The molecule has 6 nitrogen and oxygen atoms in total. The minimum Gasteiger partial charge on any atom is -0.464 e. The van der Waals surface area contributed by atoms with Gasteiger partial charge >= 0.3 is 0 Å². The molecule has 0 heterocycles. The molecule has 0 spiro atoms. The largest absolute Gasteiger partial charge is 0.464 e. The van der Waals surface area contributed by atoms with E-state index < -0.39 is 23.1 Å². The molecule has 1 rings (SSSR count). The predicted octanol–water partition coefficient (Wildman–Crippen LogP) is -1.68. The summed E-state index contributed by atoms with van der Waals surface area (Å²) in [6.07, 6.45) is -0.890. The number of rotatable bonds is 4. The highest BCUT2D eigenvalue weighted by Gasteiger charge is 2.75. The van der Waals surface area contributed by atoms with Crippen molar-refractivity contribution >= 4 is 6.47 Å². The van der Waals surface area contributed by atoms with Crippen molar-refractivity contribution in [1.29, 1.82) is 0 Å². The number of carbonyl (C=O) groups excluding carboxylic acids is 1. The molecule has 0 aromatic carbocycles. The Kier molecular flexibility index (Phi) is 2.36. The van der Waals surface area contributed by atoms with Crippen LogP contribution in [0.25, 0.3) is 0 Å². The van der Waals surface area contributed by atoms with Gasteiger partial charge in [0.25, 0.3) is 6.47 Å². The van der Waals surface area contributed by atoms with Gasteiger partial charge in [0.15, 0.2) is 11.6 Å². The Morgan fingerprint density at radius 2 is 1.71 bits per heavy atom. The van der Waals surface area contributed by atoms with E-state index in [1.807, 2.05) is 0 Å². The Bertz CT molecular complexity index is 221. The van der Waals surface area contributed by atoms with Gasteiger partial charge < -0.3 is 25.2 Å². The number of hydrogen-bond acceptors (Lipinski definition) is 6. The van der Waals surface area contributed by atoms with Gasteiger partial charge in [-0.15, -0.1) is 0 Å². The Hall–Kier alpha value is -0.690. The molecule has 1 atom stereocenters. The van der Waals surface area contributed by atoms with Crippen molar-refractivity contribution < 1.29 is 30.0 Å². The zero-order valence-electron chi connectivity index (χ0n) is 7.97. The number of aliphatic hydroxyl groups is 4. The zero-order valence-corrected chi connectivity index (χ0v) is 7.97. The van der Waals surface area contributed by atoms with Crippen LogP contribution in [0.4, 0.5) is 0 Å². The average molecular weight is 206 g/mol. The molecule has 1 saturated carbocycles. The summed E-state index contributed by atoms with van der Waals surface area (Å²) < 4.78 is 4.50. The van der Waals surface area contributed by atoms with Crippen LogP contribution in [0.3, 0.4) is 0 Å². The summed E-state index contributed by atoms with van der Waals surface area (Å²) >= 11 is 0. The second-order valence-corrected chi connectivity index (χ2v) is 3.94. The molecule has 0 aromatic heterocycles. The molecule has 0 aliphatic heterocycles. The summed E-state index contributed by atoms with van der Waals surface area (Å²) in [5, 5.41) is 37.5. The van der Waals surface area contributed by atoms with E-state index in [9.17, 15) is 25.2 Å². The van der Waals surface area contributed by atoms with Gasteiger partial charge in [-0.2, -0.15) is 0 Å². The Morgan fingerprint density at radius 3 is 1.93 bits per heavy atom. The van der Waals surface area contributed by atoms with E-state index in [1.165, 1.54) is 0 Å². The molecule has 1 aliphatic rings. The maximum atomic E-state index is 10.0. The van der Waals surface area contributed by atoms with Crippen molar-refractivity contribution in [2.75, 3.05) is 0 Å². The molecule has 1 unspecified atom stereocenters. The second kappa shape index (κ2) is 2.90. The molecular formula is C8H14O6. The van der Waals surface area contributed by atoms with Crippen LogP contribution < -0.4 is 0 Å². The van der Waals surface area contributed by atoms with E-state index in [0.29, 0.717) is 0 Å². The first kappa shape index (κ1) is 11.4. The van der Waals surface area contributed by atoms with Crippen LogP contribution in [0.2, 0.25) is 0 Å². The molecule has 0 bridgehead atoms. The molecule has 1 fully saturated rings. The maximum absolute atomic E-state index is 10.0. The number of hydrogen-bond donors (Lipinski definition) is 4. The minimum absolute atomic E-state index is 0.00125. The third-order valence-corrected chi connectivity index (χ3v) is 2.81. The van der Waals surface area contributed by atoms with Crippen molar-refractivity contribution in [2.24, 2.45) is 5.41 Å². The van der Waals surface area contributed by atoms with Gasteiger partial charge in [0.1, 0.15) is 11.5 Å². The first-order chi connectivity index (χ1) is 6.17. The summed E-state index contributed by atoms with van der Waals surface area (Å²) in [5.41, 5.74) is -1.64. The van der Waals surface area contributed by atoms with Crippen LogP contribution in [-0.4, -0.2) is 44.6 Å². The number of carbonyl (C=O) groups is 1. The van der Waals surface area contributed by atoms with Crippen LogP contribution in [0.1, 0.15) is 20.3 Å². The molecule has 14 heavy (non-hydrogen) atoms. The summed E-state index contributed by atoms with van der Waals surface area (Å²) in [5.74, 6) is -4.64. The van der Waals surface area contributed by atoms with Gasteiger partial charge in [0, 0.05) is 6.42 Å². The molecule has 6 heteroatoms. The summed E-state index contributed by atoms with van der Waals surface area (Å²) in [7, 11) is 0. The Balaban J connectivity index is 2.93. The fourth-order valence-corrected chi connectivity index (χ4v) is 1.91. The lowest BCUT2D eigenvalue weighted by Crippen LogP contribution is -2.53. The van der Waals surface area contributed by atoms with Gasteiger partial charge in [0.05, 0.1) is 0 Å². The SMILES string of the molecule is CC(O)(O)C1(C(C)(O)O)CC1OC=O. The quantitative estimate of drug-likeness (QED) is 0.323. The van der Waals surface area contributed by atoms with E-state index in [0.717, 1.165) is 13.8 Å². The number of ether oxygens (including phenoxy) is 1. The van der Waals surface area contributed by atoms with Gasteiger partial charge in [-0.3, -0.25) is 4.79 Å². The molecule has 0 saturated heterocycles. The third kappa shape index (κ3) is 1.40. The van der Waals surface area contributed by atoms with Crippen LogP contribution >= 0.6 is 0 Å². The van der Waals surface area contributed by atoms with Crippen LogP contribution in [0.5, 0.6) is 0 Å². The van der Waals surface area contributed by atoms with E-state index in [1.54, 1.807) is 0 Å². The molecule has 4 N–H and O–H groups in total. The van der Waals surface area contributed by atoms with Gasteiger partial charge in [0.2, 0.25) is 0 Å². The average Bonchev–Trinajstić information content (AvgIpc) is 2.60. The topological polar surface area (TPSA) is 107 Å². The summed E-state index contributed by atoms with van der Waals surface area (Å²) in [6.45, 7) is 2.18. The molecule has 0 aromatic rings. The highest BCUT2D eigenvalue weighted by Crippen LogP contribution is 2.60. The van der Waals surface area contributed by atoms with Crippen LogP contribution in [0.15, 0.2) is 0 Å². The highest BCUT2D eigenvalue weighted by atomic mass is 16.6. The molecule has 0 radical (unpaired) electrons. The first-order valence-corrected chi connectivity index (χ1v) is 4.15. The van der Waals surface area contributed by atoms with E-state index in [2.05, 4.69) is 4.74 Å². The normalized spacial score (nSPS) is 25.7. The first-order valence-electron chi connectivity index (χ1n) is 4.15. The van der Waals surface area contributed by atoms with E-state index in [-0.39, 0.29) is 12.9 Å². The van der Waals surface area contributed by atoms with Crippen molar-refractivity contribution in [2.45, 2.75) is 37.9 Å². The summed E-state index contributed by atoms with van der Waals surface area (Å²) in [4.78, 5) is 10.0. The lowest BCUT2D eigenvalue weighted by atomic mass is 9.87. The second-order valence-electron chi connectivity index (χ2n) is 3.94. The fourth-order valence-electron chi connectivity index (χ4n) is 1.91. The lowest BCUT2D eigenvalue weighted by Gasteiger charge is -2.36. The van der Waals surface area contributed by atoms with Gasteiger partial charge in [-0.25, -0.2) is 0 Å². The smallest absolute Gasteiger partial charge is 0.293 e. The Morgan fingerprint density at radius 1 is 1.29 bits per heavy atom. The monoisotopic (exact) mass is 206 g/mol. The molecular weight excluding hydrogens is 192 g/mol. The highest BCUT2D eigenvalue weighted by molar-refractivity contribution is 5.39. The predicted molar refractivity (Wildman–Crippen MR) is 43.7 cm³/mol. The van der Waals surface area contributed by atoms with Crippen molar-refractivity contribution in [3.05, 3.63) is 0 Å². The van der Waals surface area contributed by atoms with Crippen molar-refractivity contribution in [3.63, 3.8) is 0 Å². The lowest BCUT2D eigenvalue weighted by molar-refractivity contribution is -0.309. The fraction of sp³-hybridized carbons (Fsp3) is 0.875. The maximum Gasteiger partial charge on any atom is 0.293 e. The third-order valence-electron chi connectivity index (χ3n) is 2.81.